The van der Waals surface area contributed by atoms with Crippen molar-refractivity contribution in [3.8, 4) is 5.75 Å². The van der Waals surface area contributed by atoms with Gasteiger partial charge in [-0.1, -0.05) is 53.6 Å². The van der Waals surface area contributed by atoms with E-state index in [-0.39, 0.29) is 0 Å². The van der Waals surface area contributed by atoms with Crippen LogP contribution >= 0.6 is 0 Å². The molecule has 0 aliphatic rings. The molecule has 2 aromatic carbocycles. The molecule has 0 aliphatic carbocycles. The highest BCUT2D eigenvalue weighted by Gasteiger charge is 1.90. The Morgan fingerprint density at radius 2 is 1.39 bits per heavy atom. The van der Waals surface area contributed by atoms with Crippen LogP contribution in [0.4, 0.5) is 0 Å². The van der Waals surface area contributed by atoms with E-state index < -0.39 is 0 Å². The fraction of sp³-hybridized carbons (Fsp3) is 0.176. The number of benzene rings is 2. The Labute approximate surface area is 109 Å². The van der Waals surface area contributed by atoms with Gasteiger partial charge in [0.1, 0.15) is 12.4 Å². The van der Waals surface area contributed by atoms with Gasteiger partial charge in [-0.3, -0.25) is 0 Å². The fourth-order valence-electron chi connectivity index (χ4n) is 1.64. The van der Waals surface area contributed by atoms with Gasteiger partial charge in [0, 0.05) is 0 Å². The molecule has 2 aromatic rings. The summed E-state index contributed by atoms with van der Waals surface area (Å²) in [5, 5.41) is 0. The van der Waals surface area contributed by atoms with Crippen molar-refractivity contribution < 1.29 is 4.74 Å². The molecule has 92 valence electrons. The number of ether oxygens (including phenoxy) is 1. The highest BCUT2D eigenvalue weighted by atomic mass is 16.5. The molecule has 0 aliphatic heterocycles. The summed E-state index contributed by atoms with van der Waals surface area (Å²) in [7, 11) is 0. The fourth-order valence-corrected chi connectivity index (χ4v) is 1.64. The van der Waals surface area contributed by atoms with E-state index in [1.54, 1.807) is 0 Å². The molecular formula is C17H18O. The Morgan fingerprint density at radius 1 is 0.833 bits per heavy atom. The molecule has 0 fully saturated rings. The molecule has 1 heteroatoms. The van der Waals surface area contributed by atoms with Gasteiger partial charge in [-0.15, -0.1) is 0 Å². The van der Waals surface area contributed by atoms with Crippen LogP contribution < -0.4 is 4.74 Å². The van der Waals surface area contributed by atoms with Crippen molar-refractivity contribution in [1.29, 1.82) is 0 Å². The van der Waals surface area contributed by atoms with E-state index in [1.807, 2.05) is 18.2 Å². The highest BCUT2D eigenvalue weighted by Crippen LogP contribution is 2.11. The molecule has 18 heavy (non-hydrogen) atoms. The number of hydrogen-bond acceptors (Lipinski definition) is 1. The van der Waals surface area contributed by atoms with E-state index in [4.69, 9.17) is 4.74 Å². The minimum Gasteiger partial charge on any atom is -0.490 e. The van der Waals surface area contributed by atoms with Gasteiger partial charge in [-0.2, -0.15) is 0 Å². The molecule has 0 saturated heterocycles. The van der Waals surface area contributed by atoms with Crippen molar-refractivity contribution >= 4 is 6.08 Å². The first-order valence-corrected chi connectivity index (χ1v) is 6.17. The van der Waals surface area contributed by atoms with Crippen LogP contribution in [0.3, 0.4) is 0 Å². The largest absolute Gasteiger partial charge is 0.490 e. The van der Waals surface area contributed by atoms with Crippen LogP contribution in [0.25, 0.3) is 6.08 Å². The van der Waals surface area contributed by atoms with Gasteiger partial charge in [0.25, 0.3) is 0 Å². The number of aryl methyl sites for hydroxylation is 2. The van der Waals surface area contributed by atoms with Gasteiger partial charge in [0.2, 0.25) is 0 Å². The molecule has 0 aromatic heterocycles. The van der Waals surface area contributed by atoms with Gasteiger partial charge in [0.05, 0.1) is 0 Å². The van der Waals surface area contributed by atoms with Crippen LogP contribution in [-0.2, 0) is 0 Å². The molecule has 2 rings (SSSR count). The summed E-state index contributed by atoms with van der Waals surface area (Å²) in [6.45, 7) is 4.76. The van der Waals surface area contributed by atoms with Crippen LogP contribution in [0.5, 0.6) is 5.75 Å². The zero-order valence-electron chi connectivity index (χ0n) is 10.9. The van der Waals surface area contributed by atoms with Crippen LogP contribution in [0.15, 0.2) is 54.6 Å². The lowest BCUT2D eigenvalue weighted by Crippen LogP contribution is -1.92. The van der Waals surface area contributed by atoms with Crippen LogP contribution in [-0.4, -0.2) is 6.61 Å². The average Bonchev–Trinajstić information content (AvgIpc) is 2.39. The molecule has 0 radical (unpaired) electrons. The van der Waals surface area contributed by atoms with Crippen molar-refractivity contribution in [1.82, 2.24) is 0 Å². The van der Waals surface area contributed by atoms with E-state index in [0.717, 1.165) is 5.75 Å². The maximum absolute atomic E-state index is 5.62. The van der Waals surface area contributed by atoms with Gasteiger partial charge in [0.15, 0.2) is 0 Å². The molecule has 0 unspecified atom stereocenters. The second-order valence-corrected chi connectivity index (χ2v) is 4.44. The molecule has 0 amide bonds. The summed E-state index contributed by atoms with van der Waals surface area (Å²) in [6.07, 6.45) is 4.11. The van der Waals surface area contributed by atoms with Crippen molar-refractivity contribution in [2.45, 2.75) is 13.8 Å². The predicted octanol–water partition coefficient (Wildman–Crippen LogP) is 4.40. The van der Waals surface area contributed by atoms with Crippen LogP contribution in [0.2, 0.25) is 0 Å². The van der Waals surface area contributed by atoms with Gasteiger partial charge < -0.3 is 4.74 Å². The minimum absolute atomic E-state index is 0.594. The van der Waals surface area contributed by atoms with Crippen LogP contribution in [0.1, 0.15) is 16.7 Å². The monoisotopic (exact) mass is 238 g/mol. The second kappa shape index (κ2) is 6.06. The van der Waals surface area contributed by atoms with E-state index >= 15 is 0 Å². The smallest absolute Gasteiger partial charge is 0.119 e. The Balaban J connectivity index is 1.84. The maximum atomic E-state index is 5.62. The molecule has 0 atom stereocenters. The van der Waals surface area contributed by atoms with Gasteiger partial charge in [-0.25, -0.2) is 0 Å². The van der Waals surface area contributed by atoms with E-state index in [0.29, 0.717) is 6.61 Å². The minimum atomic E-state index is 0.594. The van der Waals surface area contributed by atoms with Crippen molar-refractivity contribution in [3.05, 3.63) is 71.3 Å². The summed E-state index contributed by atoms with van der Waals surface area (Å²) in [5.74, 6) is 0.911. The Kier molecular flexibility index (Phi) is 4.19. The number of hydrogen-bond donors (Lipinski definition) is 0. The highest BCUT2D eigenvalue weighted by molar-refractivity contribution is 5.49. The van der Waals surface area contributed by atoms with Crippen molar-refractivity contribution in [2.75, 3.05) is 6.61 Å². The van der Waals surface area contributed by atoms with Crippen LogP contribution in [0, 0.1) is 13.8 Å². The molecule has 0 bridgehead atoms. The Hall–Kier alpha value is -2.02. The summed E-state index contributed by atoms with van der Waals surface area (Å²) >= 11 is 0. The zero-order chi connectivity index (χ0) is 12.8. The van der Waals surface area contributed by atoms with E-state index in [9.17, 15) is 0 Å². The third-order valence-corrected chi connectivity index (χ3v) is 2.75. The zero-order valence-corrected chi connectivity index (χ0v) is 10.9. The van der Waals surface area contributed by atoms with Crippen molar-refractivity contribution in [3.63, 3.8) is 0 Å². The summed E-state index contributed by atoms with van der Waals surface area (Å²) in [5.41, 5.74) is 3.73. The third-order valence-electron chi connectivity index (χ3n) is 2.75. The SMILES string of the molecule is Cc1ccc(/C=C\COc2ccc(C)cc2)cc1. The molecule has 0 N–H and O–H groups in total. The molecule has 1 nitrogen and oxygen atoms in total. The van der Waals surface area contributed by atoms with E-state index in [1.165, 1.54) is 16.7 Å². The first-order valence-electron chi connectivity index (χ1n) is 6.17. The summed E-state index contributed by atoms with van der Waals surface area (Å²) in [6, 6.07) is 16.5. The lowest BCUT2D eigenvalue weighted by atomic mass is 10.1. The molecular weight excluding hydrogens is 220 g/mol. The quantitative estimate of drug-likeness (QED) is 0.767. The Bertz CT molecular complexity index is 506. The molecule has 0 spiro atoms. The third kappa shape index (κ3) is 3.77. The summed E-state index contributed by atoms with van der Waals surface area (Å²) < 4.78 is 5.62. The normalized spacial score (nSPS) is 10.8. The molecule has 0 heterocycles. The standard InChI is InChI=1S/C17H18O/c1-14-5-9-16(10-6-14)4-3-13-18-17-11-7-15(2)8-12-17/h3-12H,13H2,1-2H3/b4-3-. The van der Waals surface area contributed by atoms with Gasteiger partial charge in [-0.05, 0) is 37.6 Å². The lowest BCUT2D eigenvalue weighted by molar-refractivity contribution is 0.363. The Morgan fingerprint density at radius 3 is 2.00 bits per heavy atom. The average molecular weight is 238 g/mol. The topological polar surface area (TPSA) is 9.23 Å². The summed E-state index contributed by atoms with van der Waals surface area (Å²) in [4.78, 5) is 0. The number of rotatable bonds is 4. The van der Waals surface area contributed by atoms with E-state index in [2.05, 4.69) is 56.3 Å². The molecule has 0 saturated carbocycles. The first kappa shape index (κ1) is 12.4. The lowest BCUT2D eigenvalue weighted by Gasteiger charge is -2.03. The predicted molar refractivity (Wildman–Crippen MR) is 76.9 cm³/mol. The maximum Gasteiger partial charge on any atom is 0.119 e. The second-order valence-electron chi connectivity index (χ2n) is 4.44. The van der Waals surface area contributed by atoms with Crippen molar-refractivity contribution in [2.24, 2.45) is 0 Å². The van der Waals surface area contributed by atoms with Gasteiger partial charge >= 0.3 is 0 Å². The first-order chi connectivity index (χ1) is 8.74.